The van der Waals surface area contributed by atoms with Crippen LogP contribution in [0.25, 0.3) is 0 Å². The van der Waals surface area contributed by atoms with Crippen LogP contribution in [0, 0.1) is 0 Å². The van der Waals surface area contributed by atoms with Gasteiger partial charge in [0.2, 0.25) is 0 Å². The van der Waals surface area contributed by atoms with Crippen molar-refractivity contribution in [3.05, 3.63) is 17.5 Å². The maximum Gasteiger partial charge on any atom is 0.151 e. The van der Waals surface area contributed by atoms with Gasteiger partial charge >= 0.3 is 0 Å². The Kier molecular flexibility index (Phi) is 6.89. The second-order valence-corrected chi connectivity index (χ2v) is 4.26. The average Bonchev–Trinajstić information content (AvgIpc) is 2.82. The van der Waals surface area contributed by atoms with E-state index >= 15 is 0 Å². The van der Waals surface area contributed by atoms with Crippen LogP contribution in [0.4, 0.5) is 0 Å². The summed E-state index contributed by atoms with van der Waals surface area (Å²) < 4.78 is 15.5. The molecule has 1 unspecified atom stereocenters. The molecule has 0 saturated heterocycles. The Bertz CT molecular complexity index is 330. The van der Waals surface area contributed by atoms with E-state index in [0.29, 0.717) is 26.3 Å². The summed E-state index contributed by atoms with van der Waals surface area (Å²) in [6.45, 7) is 5.35. The Morgan fingerprint density at radius 1 is 1.44 bits per heavy atom. The maximum atomic E-state index is 5.51. The molecular weight excluding hydrogens is 234 g/mol. The lowest BCUT2D eigenvalue weighted by Gasteiger charge is -2.27. The highest BCUT2D eigenvalue weighted by molar-refractivity contribution is 5.04. The van der Waals surface area contributed by atoms with Crippen molar-refractivity contribution in [2.45, 2.75) is 26.1 Å². The minimum absolute atomic E-state index is 0.288. The van der Waals surface area contributed by atoms with Crippen molar-refractivity contribution in [3.63, 3.8) is 0 Å². The molecule has 2 N–H and O–H groups in total. The number of rotatable bonds is 9. The fourth-order valence-electron chi connectivity index (χ4n) is 1.74. The first-order chi connectivity index (χ1) is 8.71. The Labute approximate surface area is 108 Å². The maximum absolute atomic E-state index is 5.51. The van der Waals surface area contributed by atoms with Gasteiger partial charge in [-0.3, -0.25) is 4.90 Å². The predicted molar refractivity (Wildman–Crippen MR) is 68.0 cm³/mol. The smallest absolute Gasteiger partial charge is 0.151 e. The molecule has 1 atom stereocenters. The predicted octanol–water partition coefficient (Wildman–Crippen LogP) is 0.617. The molecule has 0 bridgehead atoms. The molecule has 0 aliphatic rings. The van der Waals surface area contributed by atoms with Crippen LogP contribution < -0.4 is 5.73 Å². The van der Waals surface area contributed by atoms with E-state index in [4.69, 9.17) is 19.7 Å². The van der Waals surface area contributed by atoms with Crippen LogP contribution in [0.15, 0.2) is 10.6 Å². The highest BCUT2D eigenvalue weighted by Crippen LogP contribution is 2.10. The molecule has 18 heavy (non-hydrogen) atoms. The summed E-state index contributed by atoms with van der Waals surface area (Å²) in [5.74, 6) is 0.814. The molecule has 0 aliphatic heterocycles. The second kappa shape index (κ2) is 8.20. The molecule has 0 fully saturated rings. The van der Waals surface area contributed by atoms with Gasteiger partial charge in [0.05, 0.1) is 25.5 Å². The van der Waals surface area contributed by atoms with Gasteiger partial charge in [0.15, 0.2) is 5.76 Å². The normalized spacial score (nSPS) is 13.2. The summed E-state index contributed by atoms with van der Waals surface area (Å²) in [6.07, 6.45) is 0. The van der Waals surface area contributed by atoms with Gasteiger partial charge in [-0.25, -0.2) is 0 Å². The number of hydrogen-bond acceptors (Lipinski definition) is 6. The number of aromatic nitrogens is 1. The lowest BCUT2D eigenvalue weighted by molar-refractivity contribution is 0.0650. The van der Waals surface area contributed by atoms with Crippen molar-refractivity contribution in [1.82, 2.24) is 10.1 Å². The van der Waals surface area contributed by atoms with Gasteiger partial charge in [-0.1, -0.05) is 5.16 Å². The molecule has 104 valence electrons. The number of methoxy groups -OCH3 is 2. The zero-order valence-electron chi connectivity index (χ0n) is 11.4. The number of ether oxygens (including phenoxy) is 2. The van der Waals surface area contributed by atoms with Crippen molar-refractivity contribution in [2.75, 3.05) is 34.0 Å². The molecule has 0 amide bonds. The van der Waals surface area contributed by atoms with Crippen molar-refractivity contribution in [1.29, 1.82) is 0 Å². The fraction of sp³-hybridized carbons (Fsp3) is 0.750. The third-order valence-corrected chi connectivity index (χ3v) is 2.79. The lowest BCUT2D eigenvalue weighted by Crippen LogP contribution is -2.37. The van der Waals surface area contributed by atoms with E-state index in [1.165, 1.54) is 0 Å². The van der Waals surface area contributed by atoms with Crippen LogP contribution in [-0.2, 0) is 22.6 Å². The first-order valence-electron chi connectivity index (χ1n) is 6.07. The third-order valence-electron chi connectivity index (χ3n) is 2.79. The minimum atomic E-state index is 0.288. The summed E-state index contributed by atoms with van der Waals surface area (Å²) in [6, 6.07) is 2.18. The molecule has 1 rings (SSSR count). The quantitative estimate of drug-likeness (QED) is 0.699. The van der Waals surface area contributed by atoms with Crippen molar-refractivity contribution in [2.24, 2.45) is 5.73 Å². The van der Waals surface area contributed by atoms with Gasteiger partial charge in [-0.15, -0.1) is 0 Å². The highest BCUT2D eigenvalue weighted by Gasteiger charge is 2.16. The van der Waals surface area contributed by atoms with E-state index in [2.05, 4.69) is 17.0 Å². The Hall–Kier alpha value is -0.950. The molecule has 0 aromatic carbocycles. The summed E-state index contributed by atoms with van der Waals surface area (Å²) in [5, 5.41) is 3.88. The first-order valence-corrected chi connectivity index (χ1v) is 6.07. The van der Waals surface area contributed by atoms with Crippen LogP contribution in [0.2, 0.25) is 0 Å². The van der Waals surface area contributed by atoms with Crippen molar-refractivity contribution in [3.8, 4) is 0 Å². The van der Waals surface area contributed by atoms with E-state index in [-0.39, 0.29) is 6.04 Å². The molecule has 0 aliphatic carbocycles. The molecule has 1 aromatic heterocycles. The van der Waals surface area contributed by atoms with Crippen molar-refractivity contribution < 1.29 is 14.0 Å². The molecule has 6 nitrogen and oxygen atoms in total. The number of hydrogen-bond donors (Lipinski definition) is 1. The van der Waals surface area contributed by atoms with E-state index in [0.717, 1.165) is 18.0 Å². The Morgan fingerprint density at radius 3 is 2.78 bits per heavy atom. The van der Waals surface area contributed by atoms with Crippen LogP contribution in [0.5, 0.6) is 0 Å². The van der Waals surface area contributed by atoms with Gasteiger partial charge in [0.1, 0.15) is 0 Å². The summed E-state index contributed by atoms with van der Waals surface area (Å²) in [5.41, 5.74) is 6.28. The van der Waals surface area contributed by atoms with Crippen LogP contribution in [0.1, 0.15) is 18.4 Å². The SMILES string of the molecule is COCCN(Cc1cc(CN)no1)C(C)COC. The van der Waals surface area contributed by atoms with Gasteiger partial charge in [0, 0.05) is 39.4 Å². The molecule has 1 heterocycles. The zero-order chi connectivity index (χ0) is 13.4. The molecule has 1 aromatic rings. The van der Waals surface area contributed by atoms with Crippen molar-refractivity contribution >= 4 is 0 Å². The fourth-order valence-corrected chi connectivity index (χ4v) is 1.74. The van der Waals surface area contributed by atoms with Gasteiger partial charge < -0.3 is 19.7 Å². The lowest BCUT2D eigenvalue weighted by atomic mass is 10.2. The molecule has 0 radical (unpaired) electrons. The van der Waals surface area contributed by atoms with Gasteiger partial charge in [-0.05, 0) is 6.92 Å². The topological polar surface area (TPSA) is 73.8 Å². The monoisotopic (exact) mass is 257 g/mol. The number of nitrogens with zero attached hydrogens (tertiary/aromatic N) is 2. The van der Waals surface area contributed by atoms with E-state index in [1.54, 1.807) is 14.2 Å². The second-order valence-electron chi connectivity index (χ2n) is 4.26. The van der Waals surface area contributed by atoms with E-state index in [9.17, 15) is 0 Å². The average molecular weight is 257 g/mol. The molecule has 6 heteroatoms. The van der Waals surface area contributed by atoms with Crippen LogP contribution in [0.3, 0.4) is 0 Å². The van der Waals surface area contributed by atoms with Gasteiger partial charge in [0.25, 0.3) is 0 Å². The highest BCUT2D eigenvalue weighted by atomic mass is 16.5. The van der Waals surface area contributed by atoms with Gasteiger partial charge in [-0.2, -0.15) is 0 Å². The third kappa shape index (κ3) is 4.73. The number of nitrogens with two attached hydrogens (primary N) is 1. The molecular formula is C12H23N3O3. The van der Waals surface area contributed by atoms with E-state index in [1.807, 2.05) is 6.07 Å². The minimum Gasteiger partial charge on any atom is -0.383 e. The zero-order valence-corrected chi connectivity index (χ0v) is 11.4. The summed E-state index contributed by atoms with van der Waals surface area (Å²) >= 11 is 0. The molecule has 0 spiro atoms. The summed E-state index contributed by atoms with van der Waals surface area (Å²) in [4.78, 5) is 2.23. The standard InChI is InChI=1S/C12H23N3O3/c1-10(9-17-3)15(4-5-16-2)8-12-6-11(7-13)14-18-12/h6,10H,4-5,7-9,13H2,1-3H3. The Morgan fingerprint density at radius 2 is 2.22 bits per heavy atom. The van der Waals surface area contributed by atoms with Crippen LogP contribution >= 0.6 is 0 Å². The van der Waals surface area contributed by atoms with E-state index < -0.39 is 0 Å². The van der Waals surface area contributed by atoms with Crippen LogP contribution in [-0.4, -0.2) is 50.1 Å². The molecule has 0 saturated carbocycles. The first kappa shape index (κ1) is 15.1. The Balaban J connectivity index is 2.58. The largest absolute Gasteiger partial charge is 0.383 e. The summed E-state index contributed by atoms with van der Waals surface area (Å²) in [7, 11) is 3.39.